The van der Waals surface area contributed by atoms with Crippen molar-refractivity contribution in [3.8, 4) is 0 Å². The number of hydrogen-bond donors (Lipinski definition) is 1. The molecule has 1 aliphatic carbocycles. The van der Waals surface area contributed by atoms with E-state index in [1.54, 1.807) is 0 Å². The number of nitrogens with two attached hydrogens (primary N) is 1. The van der Waals surface area contributed by atoms with Crippen LogP contribution in [0.4, 0.5) is 0 Å². The molecule has 0 unspecified atom stereocenters. The zero-order valence-corrected chi connectivity index (χ0v) is 10.6. The van der Waals surface area contributed by atoms with Gasteiger partial charge in [0, 0.05) is 12.6 Å². The number of hydrogen-bond acceptors (Lipinski definition) is 2. The molecule has 1 aliphatic heterocycles. The maximum absolute atomic E-state index is 5.88. The van der Waals surface area contributed by atoms with Crippen molar-refractivity contribution >= 4 is 24.3 Å². The Kier molecular flexibility index (Phi) is 3.53. The van der Waals surface area contributed by atoms with Crippen molar-refractivity contribution in [1.29, 1.82) is 0 Å². The molecule has 2 aliphatic rings. The summed E-state index contributed by atoms with van der Waals surface area (Å²) in [6, 6.07) is 4.49. The standard InChI is InChI=1S/C14H16N2.ClH/c15-14-9-13-11(7-8-16-14)6-5-10-3-1-2-4-12(10)13;/h5-8H,1-4,9H2,(H2,15,16);1H. The van der Waals surface area contributed by atoms with Gasteiger partial charge < -0.3 is 5.73 Å². The topological polar surface area (TPSA) is 38.4 Å². The third kappa shape index (κ3) is 2.22. The molecule has 2 nitrogen and oxygen atoms in total. The van der Waals surface area contributed by atoms with Gasteiger partial charge in [-0.3, -0.25) is 0 Å². The molecule has 0 bridgehead atoms. The molecule has 1 heterocycles. The van der Waals surface area contributed by atoms with Crippen molar-refractivity contribution in [3.05, 3.63) is 40.6 Å². The Balaban J connectivity index is 0.00000108. The maximum atomic E-state index is 5.88. The molecule has 3 rings (SSSR count). The second-order valence-corrected chi connectivity index (χ2v) is 4.59. The average Bonchev–Trinajstić information content (AvgIpc) is 2.50. The summed E-state index contributed by atoms with van der Waals surface area (Å²) < 4.78 is 0. The minimum Gasteiger partial charge on any atom is -0.387 e. The first-order valence-electron chi connectivity index (χ1n) is 5.97. The van der Waals surface area contributed by atoms with Gasteiger partial charge in [0.25, 0.3) is 0 Å². The Hall–Kier alpha value is -1.28. The molecule has 1 aromatic carbocycles. The zero-order valence-electron chi connectivity index (χ0n) is 9.78. The molecule has 0 aromatic heterocycles. The molecule has 0 saturated carbocycles. The summed E-state index contributed by atoms with van der Waals surface area (Å²) >= 11 is 0. The van der Waals surface area contributed by atoms with E-state index in [2.05, 4.69) is 23.2 Å². The third-order valence-corrected chi connectivity index (χ3v) is 3.54. The van der Waals surface area contributed by atoms with Crippen molar-refractivity contribution in [2.45, 2.75) is 32.1 Å². The Morgan fingerprint density at radius 1 is 1.06 bits per heavy atom. The molecule has 0 amide bonds. The van der Waals surface area contributed by atoms with Crippen LogP contribution in [0.5, 0.6) is 0 Å². The highest BCUT2D eigenvalue weighted by Gasteiger charge is 2.17. The van der Waals surface area contributed by atoms with Gasteiger partial charge in [0.1, 0.15) is 5.84 Å². The number of fused-ring (bicyclic) bond motifs is 3. The van der Waals surface area contributed by atoms with Crippen LogP contribution in [0.1, 0.15) is 35.1 Å². The van der Waals surface area contributed by atoms with Crippen LogP contribution < -0.4 is 5.73 Å². The molecular formula is C14H17ClN2. The number of aryl methyl sites for hydroxylation is 1. The van der Waals surface area contributed by atoms with Crippen molar-refractivity contribution in [3.63, 3.8) is 0 Å². The lowest BCUT2D eigenvalue weighted by Crippen LogP contribution is -2.17. The van der Waals surface area contributed by atoms with Gasteiger partial charge in [-0.2, -0.15) is 0 Å². The van der Waals surface area contributed by atoms with E-state index in [-0.39, 0.29) is 12.4 Å². The quantitative estimate of drug-likeness (QED) is 0.753. The second-order valence-electron chi connectivity index (χ2n) is 4.59. The fourth-order valence-electron chi connectivity index (χ4n) is 2.73. The van der Waals surface area contributed by atoms with Crippen LogP contribution in [0.25, 0.3) is 6.08 Å². The van der Waals surface area contributed by atoms with Gasteiger partial charge in [-0.15, -0.1) is 12.4 Å². The summed E-state index contributed by atoms with van der Waals surface area (Å²) in [7, 11) is 0. The van der Waals surface area contributed by atoms with Crippen LogP contribution in [-0.2, 0) is 19.3 Å². The lowest BCUT2D eigenvalue weighted by atomic mass is 9.85. The van der Waals surface area contributed by atoms with Gasteiger partial charge in [0.2, 0.25) is 0 Å². The van der Waals surface area contributed by atoms with E-state index in [1.807, 2.05) is 6.20 Å². The summed E-state index contributed by atoms with van der Waals surface area (Å²) in [5.74, 6) is 0.731. The van der Waals surface area contributed by atoms with Crippen LogP contribution in [-0.4, -0.2) is 5.84 Å². The number of aliphatic imine (C=N–C) groups is 1. The van der Waals surface area contributed by atoms with Gasteiger partial charge >= 0.3 is 0 Å². The first-order chi connectivity index (χ1) is 7.84. The van der Waals surface area contributed by atoms with E-state index in [0.717, 1.165) is 12.3 Å². The molecule has 0 radical (unpaired) electrons. The SMILES string of the molecule is Cl.NC1=NC=Cc2ccc3c(c2C1)CCCC3. The van der Waals surface area contributed by atoms with Gasteiger partial charge in [-0.25, -0.2) is 4.99 Å². The van der Waals surface area contributed by atoms with Gasteiger partial charge in [0.05, 0.1) is 0 Å². The minimum atomic E-state index is 0. The van der Waals surface area contributed by atoms with Crippen molar-refractivity contribution in [1.82, 2.24) is 0 Å². The lowest BCUT2D eigenvalue weighted by Gasteiger charge is -2.20. The summed E-state index contributed by atoms with van der Waals surface area (Å²) in [5.41, 5.74) is 11.6. The fourth-order valence-corrected chi connectivity index (χ4v) is 2.73. The highest BCUT2D eigenvalue weighted by atomic mass is 35.5. The predicted octanol–water partition coefficient (Wildman–Crippen LogP) is 2.87. The van der Waals surface area contributed by atoms with E-state index in [1.165, 1.54) is 47.9 Å². The third-order valence-electron chi connectivity index (χ3n) is 3.54. The Morgan fingerprint density at radius 3 is 2.76 bits per heavy atom. The minimum absolute atomic E-state index is 0. The summed E-state index contributed by atoms with van der Waals surface area (Å²) in [5, 5.41) is 0. The molecule has 17 heavy (non-hydrogen) atoms. The van der Waals surface area contributed by atoms with Crippen LogP contribution in [0.2, 0.25) is 0 Å². The van der Waals surface area contributed by atoms with Gasteiger partial charge in [-0.1, -0.05) is 12.1 Å². The monoisotopic (exact) mass is 248 g/mol. The summed E-state index contributed by atoms with van der Waals surface area (Å²) in [4.78, 5) is 4.20. The summed E-state index contributed by atoms with van der Waals surface area (Å²) in [6.07, 6.45) is 9.77. The van der Waals surface area contributed by atoms with Crippen molar-refractivity contribution in [2.24, 2.45) is 10.7 Å². The average molecular weight is 249 g/mol. The van der Waals surface area contributed by atoms with Crippen molar-refractivity contribution < 1.29 is 0 Å². The molecule has 90 valence electrons. The smallest absolute Gasteiger partial charge is 0.103 e. The number of benzene rings is 1. The normalized spacial score (nSPS) is 17.3. The fraction of sp³-hybridized carbons (Fsp3) is 0.357. The number of amidine groups is 1. The number of nitrogens with zero attached hydrogens (tertiary/aromatic N) is 1. The molecule has 0 atom stereocenters. The van der Waals surface area contributed by atoms with Crippen LogP contribution in [0.15, 0.2) is 23.3 Å². The van der Waals surface area contributed by atoms with E-state index in [9.17, 15) is 0 Å². The highest BCUT2D eigenvalue weighted by molar-refractivity contribution is 5.86. The van der Waals surface area contributed by atoms with Crippen LogP contribution in [0.3, 0.4) is 0 Å². The first-order valence-corrected chi connectivity index (χ1v) is 5.97. The largest absolute Gasteiger partial charge is 0.387 e. The predicted molar refractivity (Wildman–Crippen MR) is 74.7 cm³/mol. The molecule has 0 spiro atoms. The van der Waals surface area contributed by atoms with E-state index in [4.69, 9.17) is 5.73 Å². The molecule has 0 saturated heterocycles. The molecule has 3 heteroatoms. The maximum Gasteiger partial charge on any atom is 0.103 e. The van der Waals surface area contributed by atoms with E-state index in [0.29, 0.717) is 0 Å². The molecule has 1 aromatic rings. The summed E-state index contributed by atoms with van der Waals surface area (Å²) in [6.45, 7) is 0. The second kappa shape index (κ2) is 4.92. The lowest BCUT2D eigenvalue weighted by molar-refractivity contribution is 0.680. The van der Waals surface area contributed by atoms with Gasteiger partial charge in [0.15, 0.2) is 0 Å². The van der Waals surface area contributed by atoms with Crippen LogP contribution in [0, 0.1) is 0 Å². The molecule has 2 N–H and O–H groups in total. The first kappa shape index (κ1) is 12.2. The molecular weight excluding hydrogens is 232 g/mol. The van der Waals surface area contributed by atoms with E-state index >= 15 is 0 Å². The number of rotatable bonds is 0. The number of halogens is 1. The highest BCUT2D eigenvalue weighted by Crippen LogP contribution is 2.29. The zero-order chi connectivity index (χ0) is 11.0. The Labute approximate surface area is 108 Å². The Morgan fingerprint density at radius 2 is 1.88 bits per heavy atom. The van der Waals surface area contributed by atoms with Gasteiger partial charge in [-0.05, 0) is 54.0 Å². The Bertz CT molecular complexity index is 489. The van der Waals surface area contributed by atoms with E-state index < -0.39 is 0 Å². The molecule has 0 fully saturated rings. The van der Waals surface area contributed by atoms with Crippen LogP contribution >= 0.6 is 12.4 Å². The van der Waals surface area contributed by atoms with Crippen molar-refractivity contribution in [2.75, 3.05) is 0 Å².